The standard InChI is InChI=1S/C24H19ClN2O3/c25-17-5-3-15-10-23(19(24(26)29)8-16(15)7-17)30-12-22(28)20-11-27-21-9-14(13-1-2-13)4-6-18(20)21/h3-11,13,27H,1-2,12H2,(H2,26,29). The third kappa shape index (κ3) is 3.42. The minimum atomic E-state index is -0.626. The van der Waals surface area contributed by atoms with Gasteiger partial charge in [0, 0.05) is 27.7 Å². The molecule has 5 nitrogen and oxygen atoms in total. The lowest BCUT2D eigenvalue weighted by molar-refractivity contribution is 0.0914. The van der Waals surface area contributed by atoms with Gasteiger partial charge in [-0.2, -0.15) is 0 Å². The highest BCUT2D eigenvalue weighted by Crippen LogP contribution is 2.41. The molecule has 6 heteroatoms. The smallest absolute Gasteiger partial charge is 0.252 e. The maximum Gasteiger partial charge on any atom is 0.252 e. The number of nitrogens with one attached hydrogen (secondary N) is 1. The lowest BCUT2D eigenvalue weighted by atomic mass is 10.0. The van der Waals surface area contributed by atoms with Crippen molar-refractivity contribution in [2.24, 2.45) is 5.73 Å². The molecule has 0 bridgehead atoms. The highest BCUT2D eigenvalue weighted by atomic mass is 35.5. The van der Waals surface area contributed by atoms with E-state index in [-0.39, 0.29) is 23.7 Å². The average Bonchev–Trinajstić information content (AvgIpc) is 3.50. The summed E-state index contributed by atoms with van der Waals surface area (Å²) < 4.78 is 5.75. The Hall–Kier alpha value is -3.31. The van der Waals surface area contributed by atoms with Gasteiger partial charge in [0.1, 0.15) is 5.75 Å². The molecular formula is C24H19ClN2O3. The van der Waals surface area contributed by atoms with Gasteiger partial charge >= 0.3 is 0 Å². The molecule has 1 aromatic heterocycles. The van der Waals surface area contributed by atoms with Gasteiger partial charge in [-0.25, -0.2) is 0 Å². The van der Waals surface area contributed by atoms with E-state index in [1.165, 1.54) is 18.4 Å². The number of H-pyrrole nitrogens is 1. The van der Waals surface area contributed by atoms with Crippen molar-refractivity contribution in [3.05, 3.63) is 76.4 Å². The van der Waals surface area contributed by atoms with E-state index in [4.69, 9.17) is 22.1 Å². The van der Waals surface area contributed by atoms with Gasteiger partial charge in [-0.05, 0) is 65.4 Å². The number of fused-ring (bicyclic) bond motifs is 2. The fraction of sp³-hybridized carbons (Fsp3) is 0.167. The molecule has 1 saturated carbocycles. The van der Waals surface area contributed by atoms with Gasteiger partial charge in [-0.3, -0.25) is 9.59 Å². The third-order valence-corrected chi connectivity index (χ3v) is 5.82. The van der Waals surface area contributed by atoms with Gasteiger partial charge in [0.25, 0.3) is 5.91 Å². The van der Waals surface area contributed by atoms with E-state index in [0.29, 0.717) is 16.5 Å². The van der Waals surface area contributed by atoms with Crippen molar-refractivity contribution in [3.63, 3.8) is 0 Å². The molecule has 1 heterocycles. The van der Waals surface area contributed by atoms with Crippen LogP contribution in [0.2, 0.25) is 5.02 Å². The molecule has 30 heavy (non-hydrogen) atoms. The molecule has 1 aliphatic carbocycles. The molecule has 0 saturated heterocycles. The van der Waals surface area contributed by atoms with Crippen molar-refractivity contribution in [2.75, 3.05) is 6.61 Å². The highest BCUT2D eigenvalue weighted by molar-refractivity contribution is 6.31. The number of Topliss-reactive ketones (excluding diaryl/α,β-unsaturated/α-hetero) is 1. The van der Waals surface area contributed by atoms with Crippen LogP contribution in [0.1, 0.15) is 45.0 Å². The maximum absolute atomic E-state index is 12.8. The molecule has 3 aromatic carbocycles. The Bertz CT molecular complexity index is 1320. The van der Waals surface area contributed by atoms with Crippen LogP contribution in [0.5, 0.6) is 5.75 Å². The molecule has 150 valence electrons. The summed E-state index contributed by atoms with van der Waals surface area (Å²) in [5.74, 6) is 0.128. The lowest BCUT2D eigenvalue weighted by Gasteiger charge is -2.11. The number of rotatable bonds is 6. The Labute approximate surface area is 177 Å². The van der Waals surface area contributed by atoms with Crippen LogP contribution < -0.4 is 10.5 Å². The molecule has 1 amide bonds. The van der Waals surface area contributed by atoms with Gasteiger partial charge in [0.05, 0.1) is 5.56 Å². The summed E-state index contributed by atoms with van der Waals surface area (Å²) in [6.45, 7) is -0.198. The second kappa shape index (κ2) is 7.18. The predicted octanol–water partition coefficient (Wildman–Crippen LogP) is 5.21. The fourth-order valence-corrected chi connectivity index (χ4v) is 4.01. The van der Waals surface area contributed by atoms with E-state index < -0.39 is 5.91 Å². The van der Waals surface area contributed by atoms with Crippen molar-refractivity contribution in [1.29, 1.82) is 0 Å². The van der Waals surface area contributed by atoms with Crippen LogP contribution in [0.25, 0.3) is 21.7 Å². The Morgan fingerprint density at radius 3 is 2.63 bits per heavy atom. The monoisotopic (exact) mass is 418 g/mol. The van der Waals surface area contributed by atoms with Crippen molar-refractivity contribution in [2.45, 2.75) is 18.8 Å². The molecule has 0 unspecified atom stereocenters. The number of benzene rings is 3. The first-order valence-electron chi connectivity index (χ1n) is 9.80. The number of halogens is 1. The second-order valence-electron chi connectivity index (χ2n) is 7.70. The largest absolute Gasteiger partial charge is 0.485 e. The first-order valence-corrected chi connectivity index (χ1v) is 10.2. The number of ketones is 1. The molecule has 3 N–H and O–H groups in total. The molecule has 0 spiro atoms. The summed E-state index contributed by atoms with van der Waals surface area (Å²) in [6, 6.07) is 14.9. The van der Waals surface area contributed by atoms with E-state index in [1.807, 2.05) is 12.1 Å². The van der Waals surface area contributed by atoms with Gasteiger partial charge in [-0.15, -0.1) is 0 Å². The van der Waals surface area contributed by atoms with Gasteiger partial charge in [-0.1, -0.05) is 29.8 Å². The molecular weight excluding hydrogens is 400 g/mol. The average molecular weight is 419 g/mol. The van der Waals surface area contributed by atoms with Crippen LogP contribution in [0.4, 0.5) is 0 Å². The zero-order valence-electron chi connectivity index (χ0n) is 16.1. The van der Waals surface area contributed by atoms with Crippen LogP contribution in [0, 0.1) is 0 Å². The van der Waals surface area contributed by atoms with Crippen molar-refractivity contribution in [3.8, 4) is 5.75 Å². The van der Waals surface area contributed by atoms with E-state index in [1.54, 1.807) is 30.5 Å². The molecule has 0 aliphatic heterocycles. The Morgan fingerprint density at radius 2 is 1.87 bits per heavy atom. The number of aromatic nitrogens is 1. The minimum absolute atomic E-state index is 0.174. The first-order chi connectivity index (χ1) is 14.5. The molecule has 1 aliphatic rings. The Morgan fingerprint density at radius 1 is 1.03 bits per heavy atom. The highest BCUT2D eigenvalue weighted by Gasteiger charge is 2.24. The van der Waals surface area contributed by atoms with E-state index in [9.17, 15) is 9.59 Å². The molecule has 0 atom stereocenters. The van der Waals surface area contributed by atoms with Crippen LogP contribution in [-0.4, -0.2) is 23.3 Å². The number of ether oxygens (including phenoxy) is 1. The summed E-state index contributed by atoms with van der Waals surface area (Å²) in [6.07, 6.45) is 4.17. The summed E-state index contributed by atoms with van der Waals surface area (Å²) in [7, 11) is 0. The predicted molar refractivity (Wildman–Crippen MR) is 118 cm³/mol. The maximum atomic E-state index is 12.8. The van der Waals surface area contributed by atoms with E-state index in [2.05, 4.69) is 17.1 Å². The van der Waals surface area contributed by atoms with Crippen molar-refractivity contribution >= 4 is 45.0 Å². The van der Waals surface area contributed by atoms with Gasteiger partial charge in [0.2, 0.25) is 5.78 Å². The van der Waals surface area contributed by atoms with E-state index in [0.717, 1.165) is 21.7 Å². The number of amides is 1. The summed E-state index contributed by atoms with van der Waals surface area (Å²) in [4.78, 5) is 27.9. The topological polar surface area (TPSA) is 85.2 Å². The normalized spacial score (nSPS) is 13.6. The van der Waals surface area contributed by atoms with Crippen LogP contribution in [-0.2, 0) is 0 Å². The quantitative estimate of drug-likeness (QED) is 0.421. The van der Waals surface area contributed by atoms with Crippen LogP contribution >= 0.6 is 11.6 Å². The van der Waals surface area contributed by atoms with Gasteiger partial charge in [0.15, 0.2) is 6.61 Å². The van der Waals surface area contributed by atoms with Crippen molar-refractivity contribution < 1.29 is 14.3 Å². The SMILES string of the molecule is NC(=O)c1cc2cc(Cl)ccc2cc1OCC(=O)c1c[nH]c2cc(C3CC3)ccc12. The minimum Gasteiger partial charge on any atom is -0.485 e. The Kier molecular flexibility index (Phi) is 4.48. The molecule has 5 rings (SSSR count). The summed E-state index contributed by atoms with van der Waals surface area (Å²) in [5, 5.41) is 3.05. The first kappa shape index (κ1) is 18.7. The molecule has 1 fully saturated rings. The van der Waals surface area contributed by atoms with Crippen molar-refractivity contribution in [1.82, 2.24) is 4.98 Å². The van der Waals surface area contributed by atoms with Gasteiger partial charge < -0.3 is 15.5 Å². The number of hydrogen-bond donors (Lipinski definition) is 2. The lowest BCUT2D eigenvalue weighted by Crippen LogP contribution is -2.16. The summed E-state index contributed by atoms with van der Waals surface area (Å²) in [5.41, 5.74) is 8.56. The zero-order valence-corrected chi connectivity index (χ0v) is 16.8. The molecule has 0 radical (unpaired) electrons. The van der Waals surface area contributed by atoms with Crippen LogP contribution in [0.15, 0.2) is 54.7 Å². The Balaban J connectivity index is 1.41. The number of aromatic amines is 1. The number of hydrogen-bond acceptors (Lipinski definition) is 3. The van der Waals surface area contributed by atoms with E-state index >= 15 is 0 Å². The summed E-state index contributed by atoms with van der Waals surface area (Å²) >= 11 is 6.03. The fourth-order valence-electron chi connectivity index (χ4n) is 3.83. The van der Waals surface area contributed by atoms with Crippen LogP contribution in [0.3, 0.4) is 0 Å². The second-order valence-corrected chi connectivity index (χ2v) is 8.13. The number of primary amides is 1. The number of carbonyl (C=O) groups is 2. The zero-order chi connectivity index (χ0) is 20.8. The number of carbonyl (C=O) groups excluding carboxylic acids is 2. The number of nitrogens with two attached hydrogens (primary N) is 1. The molecule has 4 aromatic rings. The third-order valence-electron chi connectivity index (χ3n) is 5.58.